The predicted molar refractivity (Wildman–Crippen MR) is 80.9 cm³/mol. The van der Waals surface area contributed by atoms with E-state index in [2.05, 4.69) is 4.98 Å². The standard InChI is InChI=1S/C18H14FNO/c1-12-5-4-7-15(18(12)19)17(21)11-14-10-9-13-6-2-3-8-16(13)20-14/h2-10H,11H2,1H3. The van der Waals surface area contributed by atoms with Gasteiger partial charge >= 0.3 is 0 Å². The highest BCUT2D eigenvalue weighted by molar-refractivity contribution is 5.98. The first-order valence-corrected chi connectivity index (χ1v) is 6.78. The number of Topliss-reactive ketones (excluding diaryl/α,β-unsaturated/α-hetero) is 1. The van der Waals surface area contributed by atoms with E-state index in [0.29, 0.717) is 11.3 Å². The van der Waals surface area contributed by atoms with Gasteiger partial charge in [0.15, 0.2) is 5.78 Å². The topological polar surface area (TPSA) is 30.0 Å². The van der Waals surface area contributed by atoms with E-state index >= 15 is 0 Å². The van der Waals surface area contributed by atoms with Crippen LogP contribution in [0.15, 0.2) is 54.6 Å². The summed E-state index contributed by atoms with van der Waals surface area (Å²) >= 11 is 0. The van der Waals surface area contributed by atoms with Gasteiger partial charge in [-0.1, -0.05) is 36.4 Å². The molecule has 2 nitrogen and oxygen atoms in total. The first kappa shape index (κ1) is 13.4. The highest BCUT2D eigenvalue weighted by atomic mass is 19.1. The van der Waals surface area contributed by atoms with E-state index in [1.807, 2.05) is 36.4 Å². The molecule has 3 rings (SSSR count). The number of rotatable bonds is 3. The van der Waals surface area contributed by atoms with Crippen LogP contribution in [0.3, 0.4) is 0 Å². The average Bonchev–Trinajstić information content (AvgIpc) is 2.50. The van der Waals surface area contributed by atoms with Crippen molar-refractivity contribution in [2.24, 2.45) is 0 Å². The summed E-state index contributed by atoms with van der Waals surface area (Å²) in [5.74, 6) is -0.692. The van der Waals surface area contributed by atoms with Gasteiger partial charge in [-0.2, -0.15) is 0 Å². The molecule has 0 spiro atoms. The summed E-state index contributed by atoms with van der Waals surface area (Å²) in [5, 5.41) is 1.02. The number of hydrogen-bond acceptors (Lipinski definition) is 2. The molecule has 0 bridgehead atoms. The number of hydrogen-bond donors (Lipinski definition) is 0. The van der Waals surface area contributed by atoms with Crippen molar-refractivity contribution in [1.29, 1.82) is 0 Å². The van der Waals surface area contributed by atoms with Gasteiger partial charge in [-0.25, -0.2) is 4.39 Å². The zero-order chi connectivity index (χ0) is 14.8. The summed E-state index contributed by atoms with van der Waals surface area (Å²) in [6, 6.07) is 16.3. The Morgan fingerprint density at radius 3 is 2.71 bits per heavy atom. The summed E-state index contributed by atoms with van der Waals surface area (Å²) in [7, 11) is 0. The van der Waals surface area contributed by atoms with Crippen molar-refractivity contribution in [1.82, 2.24) is 4.98 Å². The van der Waals surface area contributed by atoms with Crippen molar-refractivity contribution in [2.45, 2.75) is 13.3 Å². The second kappa shape index (κ2) is 5.44. The van der Waals surface area contributed by atoms with Crippen molar-refractivity contribution in [2.75, 3.05) is 0 Å². The van der Waals surface area contributed by atoms with Gasteiger partial charge in [0, 0.05) is 11.1 Å². The van der Waals surface area contributed by atoms with Crippen LogP contribution in [0, 0.1) is 12.7 Å². The average molecular weight is 279 g/mol. The summed E-state index contributed by atoms with van der Waals surface area (Å²) in [5.41, 5.74) is 2.10. The quantitative estimate of drug-likeness (QED) is 0.675. The first-order chi connectivity index (χ1) is 10.1. The van der Waals surface area contributed by atoms with E-state index in [0.717, 1.165) is 10.9 Å². The van der Waals surface area contributed by atoms with Crippen LogP contribution in [-0.2, 0) is 6.42 Å². The number of aromatic nitrogens is 1. The van der Waals surface area contributed by atoms with Crippen molar-refractivity contribution in [3.05, 3.63) is 77.2 Å². The van der Waals surface area contributed by atoms with Gasteiger partial charge in [-0.05, 0) is 30.7 Å². The number of halogens is 1. The number of fused-ring (bicyclic) bond motifs is 1. The fraction of sp³-hybridized carbons (Fsp3) is 0.111. The fourth-order valence-electron chi connectivity index (χ4n) is 2.33. The van der Waals surface area contributed by atoms with Gasteiger partial charge in [-0.3, -0.25) is 9.78 Å². The smallest absolute Gasteiger partial charge is 0.171 e. The molecule has 0 aliphatic rings. The molecule has 21 heavy (non-hydrogen) atoms. The van der Waals surface area contributed by atoms with Crippen LogP contribution in [0.5, 0.6) is 0 Å². The molecule has 0 unspecified atom stereocenters. The van der Waals surface area contributed by atoms with Crippen molar-refractivity contribution < 1.29 is 9.18 Å². The number of pyridine rings is 1. The monoisotopic (exact) mass is 279 g/mol. The highest BCUT2D eigenvalue weighted by Gasteiger charge is 2.14. The van der Waals surface area contributed by atoms with E-state index in [-0.39, 0.29) is 17.8 Å². The fourth-order valence-corrected chi connectivity index (χ4v) is 2.33. The van der Waals surface area contributed by atoms with Crippen LogP contribution in [0.1, 0.15) is 21.6 Å². The molecule has 1 heterocycles. The number of para-hydroxylation sites is 1. The molecule has 0 saturated carbocycles. The minimum Gasteiger partial charge on any atom is -0.294 e. The molecule has 2 aromatic carbocycles. The third kappa shape index (κ3) is 2.68. The van der Waals surface area contributed by atoms with E-state index in [1.54, 1.807) is 19.1 Å². The van der Waals surface area contributed by atoms with Crippen LogP contribution in [0.25, 0.3) is 10.9 Å². The van der Waals surface area contributed by atoms with Crippen molar-refractivity contribution >= 4 is 16.7 Å². The lowest BCUT2D eigenvalue weighted by Gasteiger charge is -2.05. The van der Waals surface area contributed by atoms with Gasteiger partial charge in [0.25, 0.3) is 0 Å². The van der Waals surface area contributed by atoms with Gasteiger partial charge in [0.2, 0.25) is 0 Å². The molecule has 0 saturated heterocycles. The lowest BCUT2D eigenvalue weighted by atomic mass is 10.0. The Labute approximate surface area is 122 Å². The zero-order valence-electron chi connectivity index (χ0n) is 11.6. The molecule has 0 atom stereocenters. The van der Waals surface area contributed by atoms with Crippen LogP contribution < -0.4 is 0 Å². The zero-order valence-corrected chi connectivity index (χ0v) is 11.6. The normalized spacial score (nSPS) is 10.8. The Bertz CT molecular complexity index is 826. The lowest BCUT2D eigenvalue weighted by Crippen LogP contribution is -2.08. The number of ketones is 1. The molecule has 104 valence electrons. The van der Waals surface area contributed by atoms with Gasteiger partial charge < -0.3 is 0 Å². The Morgan fingerprint density at radius 1 is 1.05 bits per heavy atom. The van der Waals surface area contributed by atoms with E-state index < -0.39 is 5.82 Å². The van der Waals surface area contributed by atoms with Crippen molar-refractivity contribution in [3.63, 3.8) is 0 Å². The molecular formula is C18H14FNO. The maximum absolute atomic E-state index is 14.0. The van der Waals surface area contributed by atoms with Gasteiger partial charge in [0.05, 0.1) is 17.5 Å². The first-order valence-electron chi connectivity index (χ1n) is 6.78. The molecule has 0 fully saturated rings. The lowest BCUT2D eigenvalue weighted by molar-refractivity contribution is 0.0988. The Morgan fingerprint density at radius 2 is 1.86 bits per heavy atom. The molecular weight excluding hydrogens is 265 g/mol. The molecule has 0 N–H and O–H groups in total. The summed E-state index contributed by atoms with van der Waals surface area (Å²) in [6.07, 6.45) is 0.102. The van der Waals surface area contributed by atoms with E-state index in [4.69, 9.17) is 0 Å². The van der Waals surface area contributed by atoms with Crippen LogP contribution in [0.2, 0.25) is 0 Å². The molecule has 3 aromatic rings. The second-order valence-electron chi connectivity index (χ2n) is 5.03. The highest BCUT2D eigenvalue weighted by Crippen LogP contribution is 2.16. The SMILES string of the molecule is Cc1cccc(C(=O)Cc2ccc3ccccc3n2)c1F. The van der Waals surface area contributed by atoms with E-state index in [1.165, 1.54) is 6.07 Å². The van der Waals surface area contributed by atoms with E-state index in [9.17, 15) is 9.18 Å². The van der Waals surface area contributed by atoms with Gasteiger partial charge in [-0.15, -0.1) is 0 Å². The summed E-state index contributed by atoms with van der Waals surface area (Å²) < 4.78 is 14.0. The Kier molecular flexibility index (Phi) is 3.48. The minimum absolute atomic E-state index is 0.102. The number of nitrogens with zero attached hydrogens (tertiary/aromatic N) is 1. The van der Waals surface area contributed by atoms with Crippen LogP contribution >= 0.6 is 0 Å². The number of aryl methyl sites for hydroxylation is 1. The maximum Gasteiger partial charge on any atom is 0.171 e. The van der Waals surface area contributed by atoms with Crippen LogP contribution in [-0.4, -0.2) is 10.8 Å². The number of carbonyl (C=O) groups is 1. The summed E-state index contributed by atoms with van der Waals surface area (Å²) in [4.78, 5) is 16.7. The Hall–Kier alpha value is -2.55. The second-order valence-corrected chi connectivity index (χ2v) is 5.03. The Balaban J connectivity index is 1.91. The molecule has 1 aromatic heterocycles. The third-order valence-electron chi connectivity index (χ3n) is 3.49. The number of benzene rings is 2. The maximum atomic E-state index is 14.0. The molecule has 0 aliphatic carbocycles. The third-order valence-corrected chi connectivity index (χ3v) is 3.49. The summed E-state index contributed by atoms with van der Waals surface area (Å²) in [6.45, 7) is 1.65. The predicted octanol–water partition coefficient (Wildman–Crippen LogP) is 4.11. The van der Waals surface area contributed by atoms with Crippen LogP contribution in [0.4, 0.5) is 4.39 Å². The molecule has 0 amide bonds. The molecule has 0 radical (unpaired) electrons. The van der Waals surface area contributed by atoms with Gasteiger partial charge in [0.1, 0.15) is 5.82 Å². The molecule has 0 aliphatic heterocycles. The van der Waals surface area contributed by atoms with Crippen molar-refractivity contribution in [3.8, 4) is 0 Å². The number of carbonyl (C=O) groups excluding carboxylic acids is 1. The largest absolute Gasteiger partial charge is 0.294 e. The molecule has 3 heteroatoms. The minimum atomic E-state index is -0.441.